The lowest BCUT2D eigenvalue weighted by molar-refractivity contribution is -0.143. The number of nitrogens with zero attached hydrogens (tertiary/aromatic N) is 1. The van der Waals surface area contributed by atoms with E-state index in [9.17, 15) is 19.5 Å². The summed E-state index contributed by atoms with van der Waals surface area (Å²) in [7, 11) is 3.45. The van der Waals surface area contributed by atoms with Crippen LogP contribution in [0.15, 0.2) is 48.5 Å². The Kier molecular flexibility index (Phi) is 7.14. The molecule has 1 aliphatic carbocycles. The number of nitrogens with one attached hydrogen (secondary N) is 2. The Hall–Kier alpha value is -3.43. The molecule has 1 heterocycles. The normalized spacial score (nSPS) is 19.9. The summed E-state index contributed by atoms with van der Waals surface area (Å²) in [6.45, 7) is 0.551. The molecule has 1 saturated heterocycles. The largest absolute Gasteiger partial charge is 0.480 e. The molecule has 2 aliphatic rings. The van der Waals surface area contributed by atoms with Gasteiger partial charge < -0.3 is 30.1 Å². The van der Waals surface area contributed by atoms with Gasteiger partial charge in [-0.1, -0.05) is 48.5 Å². The monoisotopic (exact) mass is 467 g/mol. The van der Waals surface area contributed by atoms with Crippen molar-refractivity contribution in [2.24, 2.45) is 5.92 Å². The summed E-state index contributed by atoms with van der Waals surface area (Å²) in [6, 6.07) is 14.5. The van der Waals surface area contributed by atoms with Crippen molar-refractivity contribution in [1.82, 2.24) is 15.5 Å². The number of aliphatic carboxylic acids is 1. The van der Waals surface area contributed by atoms with Crippen molar-refractivity contribution >= 4 is 18.0 Å². The number of alkyl carbamates (subject to hydrolysis) is 1. The molecule has 9 heteroatoms. The molecule has 3 N–H and O–H groups in total. The molecule has 3 atom stereocenters. The molecule has 2 amide bonds. The number of carbonyl (C=O) groups is 3. The topological polar surface area (TPSA) is 117 Å². The fraction of sp³-hybridized carbons (Fsp3) is 0.400. The molecule has 34 heavy (non-hydrogen) atoms. The van der Waals surface area contributed by atoms with Gasteiger partial charge in [0.25, 0.3) is 0 Å². The van der Waals surface area contributed by atoms with E-state index in [2.05, 4.69) is 22.8 Å². The van der Waals surface area contributed by atoms with E-state index in [4.69, 9.17) is 9.47 Å². The standard InChI is InChI=1S/C25H29N3O6/c1-28(2)11-21(24(30)31)26-23(29)20-12-33-14-22(20)27-25(32)34-13-19-17-9-5-3-7-15(17)16-8-4-6-10-18(16)19/h3-10,19-22H,11-14H2,1-2H3,(H,26,29)(H,27,32)(H,30,31)/t20?,21-,22?/m0/s1. The lowest BCUT2D eigenvalue weighted by atomic mass is 9.98. The summed E-state index contributed by atoms with van der Waals surface area (Å²) in [6.07, 6.45) is -0.641. The highest BCUT2D eigenvalue weighted by atomic mass is 16.5. The number of hydrogen-bond donors (Lipinski definition) is 3. The highest BCUT2D eigenvalue weighted by Crippen LogP contribution is 2.44. The van der Waals surface area contributed by atoms with E-state index in [-0.39, 0.29) is 32.3 Å². The van der Waals surface area contributed by atoms with Gasteiger partial charge in [0.15, 0.2) is 0 Å². The van der Waals surface area contributed by atoms with Crippen molar-refractivity contribution < 1.29 is 29.0 Å². The minimum Gasteiger partial charge on any atom is -0.480 e. The van der Waals surface area contributed by atoms with Crippen LogP contribution in [0.2, 0.25) is 0 Å². The lowest BCUT2D eigenvalue weighted by Crippen LogP contribution is -2.52. The lowest BCUT2D eigenvalue weighted by Gasteiger charge is -2.23. The zero-order valence-corrected chi connectivity index (χ0v) is 19.2. The van der Waals surface area contributed by atoms with E-state index in [1.165, 1.54) is 0 Å². The highest BCUT2D eigenvalue weighted by molar-refractivity contribution is 5.86. The van der Waals surface area contributed by atoms with Gasteiger partial charge in [0, 0.05) is 12.5 Å². The third kappa shape index (κ3) is 5.05. The van der Waals surface area contributed by atoms with Crippen molar-refractivity contribution in [3.63, 3.8) is 0 Å². The van der Waals surface area contributed by atoms with Gasteiger partial charge in [0.2, 0.25) is 5.91 Å². The Morgan fingerprint density at radius 3 is 2.26 bits per heavy atom. The molecule has 0 bridgehead atoms. The van der Waals surface area contributed by atoms with Gasteiger partial charge >= 0.3 is 12.1 Å². The van der Waals surface area contributed by atoms with Crippen molar-refractivity contribution in [1.29, 1.82) is 0 Å². The number of carbonyl (C=O) groups excluding carboxylic acids is 2. The van der Waals surface area contributed by atoms with Crippen LogP contribution >= 0.6 is 0 Å². The molecule has 2 unspecified atom stereocenters. The third-order valence-electron chi connectivity index (χ3n) is 6.23. The molecule has 0 saturated carbocycles. The molecule has 2 aromatic rings. The van der Waals surface area contributed by atoms with Crippen LogP contribution in [-0.4, -0.2) is 80.5 Å². The van der Waals surface area contributed by atoms with Crippen LogP contribution in [0.3, 0.4) is 0 Å². The van der Waals surface area contributed by atoms with Crippen LogP contribution in [0.25, 0.3) is 11.1 Å². The maximum Gasteiger partial charge on any atom is 0.407 e. The molecule has 2 aromatic carbocycles. The minimum absolute atomic E-state index is 0.0700. The first-order valence-corrected chi connectivity index (χ1v) is 11.2. The molecule has 9 nitrogen and oxygen atoms in total. The quantitative estimate of drug-likeness (QED) is 0.541. The minimum atomic E-state index is -1.12. The molecule has 4 rings (SSSR count). The number of hydrogen-bond acceptors (Lipinski definition) is 6. The first-order chi connectivity index (χ1) is 16.3. The van der Waals surface area contributed by atoms with Crippen LogP contribution in [0, 0.1) is 5.92 Å². The summed E-state index contributed by atoms with van der Waals surface area (Å²) in [5.41, 5.74) is 4.50. The average Bonchev–Trinajstić information content (AvgIpc) is 3.39. The number of fused-ring (bicyclic) bond motifs is 3. The first kappa shape index (κ1) is 23.7. The Morgan fingerprint density at radius 1 is 1.06 bits per heavy atom. The molecule has 0 radical (unpaired) electrons. The third-order valence-corrected chi connectivity index (χ3v) is 6.23. The highest BCUT2D eigenvalue weighted by Gasteiger charge is 2.37. The Labute approximate surface area is 198 Å². The average molecular weight is 468 g/mol. The smallest absolute Gasteiger partial charge is 0.407 e. The van der Waals surface area contributed by atoms with Gasteiger partial charge in [-0.15, -0.1) is 0 Å². The fourth-order valence-electron chi connectivity index (χ4n) is 4.58. The number of benzene rings is 2. The van der Waals surface area contributed by atoms with Crippen LogP contribution in [-0.2, 0) is 19.1 Å². The molecule has 1 fully saturated rings. The van der Waals surface area contributed by atoms with E-state index in [1.54, 1.807) is 19.0 Å². The van der Waals surface area contributed by atoms with Gasteiger partial charge in [0.1, 0.15) is 12.6 Å². The predicted octanol–water partition coefficient (Wildman–Crippen LogP) is 1.67. The van der Waals surface area contributed by atoms with Crippen LogP contribution in [0.5, 0.6) is 0 Å². The Balaban J connectivity index is 1.36. The van der Waals surface area contributed by atoms with Gasteiger partial charge in [0.05, 0.1) is 25.2 Å². The molecule has 0 aromatic heterocycles. The maximum atomic E-state index is 12.7. The van der Waals surface area contributed by atoms with E-state index in [1.807, 2.05) is 36.4 Å². The predicted molar refractivity (Wildman–Crippen MR) is 124 cm³/mol. The number of amides is 2. The van der Waals surface area contributed by atoms with Crippen molar-refractivity contribution in [3.05, 3.63) is 59.7 Å². The summed E-state index contributed by atoms with van der Waals surface area (Å²) >= 11 is 0. The van der Waals surface area contributed by atoms with Crippen LogP contribution < -0.4 is 10.6 Å². The number of carboxylic acids is 1. The number of rotatable bonds is 8. The Bertz CT molecular complexity index is 1030. The van der Waals surface area contributed by atoms with Crippen molar-refractivity contribution in [3.8, 4) is 11.1 Å². The van der Waals surface area contributed by atoms with Gasteiger partial charge in [-0.25, -0.2) is 9.59 Å². The van der Waals surface area contributed by atoms with Crippen molar-refractivity contribution in [2.45, 2.75) is 18.0 Å². The van der Waals surface area contributed by atoms with Crippen molar-refractivity contribution in [2.75, 3.05) is 40.5 Å². The number of likely N-dealkylation sites (N-methyl/N-ethyl adjacent to an activating group) is 1. The summed E-state index contributed by atoms with van der Waals surface area (Å²) in [5.74, 6) is -2.37. The zero-order chi connectivity index (χ0) is 24.2. The first-order valence-electron chi connectivity index (χ1n) is 11.2. The van der Waals surface area contributed by atoms with Gasteiger partial charge in [-0.3, -0.25) is 4.79 Å². The van der Waals surface area contributed by atoms with E-state index >= 15 is 0 Å². The van der Waals surface area contributed by atoms with Gasteiger partial charge in [-0.2, -0.15) is 0 Å². The summed E-state index contributed by atoms with van der Waals surface area (Å²) in [4.78, 5) is 38.5. The molecule has 0 spiro atoms. The second-order valence-electron chi connectivity index (χ2n) is 8.88. The molecule has 180 valence electrons. The van der Waals surface area contributed by atoms with Gasteiger partial charge in [-0.05, 0) is 36.3 Å². The number of ether oxygens (including phenoxy) is 2. The van der Waals surface area contributed by atoms with E-state index < -0.39 is 36.0 Å². The van der Waals surface area contributed by atoms with E-state index in [0.29, 0.717) is 0 Å². The fourth-order valence-corrected chi connectivity index (χ4v) is 4.58. The second kappa shape index (κ2) is 10.2. The molecular weight excluding hydrogens is 438 g/mol. The summed E-state index contributed by atoms with van der Waals surface area (Å²) in [5, 5.41) is 14.6. The van der Waals surface area contributed by atoms with Crippen LogP contribution in [0.4, 0.5) is 4.79 Å². The van der Waals surface area contributed by atoms with Crippen LogP contribution in [0.1, 0.15) is 17.0 Å². The molecular formula is C25H29N3O6. The number of carboxylic acid groups (broad SMARTS) is 1. The maximum absolute atomic E-state index is 12.7. The summed E-state index contributed by atoms with van der Waals surface area (Å²) < 4.78 is 11.0. The second-order valence-corrected chi connectivity index (χ2v) is 8.88. The SMILES string of the molecule is CN(C)C[C@H](NC(=O)C1COCC1NC(=O)OCC1c2ccccc2-c2ccccc21)C(=O)O. The zero-order valence-electron chi connectivity index (χ0n) is 19.2. The molecule has 1 aliphatic heterocycles. The van der Waals surface area contributed by atoms with E-state index in [0.717, 1.165) is 22.3 Å². The Morgan fingerprint density at radius 2 is 1.68 bits per heavy atom.